The summed E-state index contributed by atoms with van der Waals surface area (Å²) < 4.78 is 5.90. The van der Waals surface area contributed by atoms with Gasteiger partial charge in [0.15, 0.2) is 5.69 Å². The van der Waals surface area contributed by atoms with Crippen molar-refractivity contribution in [2.45, 2.75) is 18.9 Å². The number of ether oxygens (including phenoxy) is 1. The minimum atomic E-state index is -0.114. The Morgan fingerprint density at radius 1 is 1.11 bits per heavy atom. The molecule has 3 aliphatic rings. The molecule has 6 heteroatoms. The van der Waals surface area contributed by atoms with Crippen LogP contribution in [0, 0.1) is 5.92 Å². The van der Waals surface area contributed by atoms with Gasteiger partial charge in [0.2, 0.25) is 0 Å². The molecule has 2 N–H and O–H groups in total. The second kappa shape index (κ2) is 6.70. The van der Waals surface area contributed by atoms with Gasteiger partial charge >= 0.3 is 0 Å². The lowest BCUT2D eigenvalue weighted by atomic mass is 9.84. The van der Waals surface area contributed by atoms with Crippen molar-refractivity contribution >= 4 is 16.8 Å². The number of amides is 1. The molecule has 0 radical (unpaired) electrons. The molecule has 1 atom stereocenters. The van der Waals surface area contributed by atoms with Crippen molar-refractivity contribution < 1.29 is 9.53 Å². The first-order chi connectivity index (χ1) is 13.3. The number of aromatic amines is 1. The van der Waals surface area contributed by atoms with E-state index >= 15 is 0 Å². The molecule has 3 aromatic rings. The highest BCUT2D eigenvalue weighted by Gasteiger charge is 2.35. The van der Waals surface area contributed by atoms with Crippen molar-refractivity contribution in [2.24, 2.45) is 5.92 Å². The fourth-order valence-electron chi connectivity index (χ4n) is 4.22. The van der Waals surface area contributed by atoms with Gasteiger partial charge in [-0.2, -0.15) is 5.10 Å². The van der Waals surface area contributed by atoms with Crippen LogP contribution in [0.1, 0.15) is 23.3 Å². The maximum atomic E-state index is 12.9. The summed E-state index contributed by atoms with van der Waals surface area (Å²) in [7, 11) is 0. The van der Waals surface area contributed by atoms with Crippen molar-refractivity contribution in [2.75, 3.05) is 19.6 Å². The van der Waals surface area contributed by atoms with E-state index in [1.807, 2.05) is 48.5 Å². The van der Waals surface area contributed by atoms with Gasteiger partial charge in [-0.05, 0) is 62.2 Å². The Kier molecular flexibility index (Phi) is 4.05. The van der Waals surface area contributed by atoms with Crippen LogP contribution in [0.4, 0.5) is 0 Å². The smallest absolute Gasteiger partial charge is 0.272 e. The molecular weight excluding hydrogens is 340 g/mol. The average Bonchev–Trinajstić information content (AvgIpc) is 3.13. The number of fused-ring (bicyclic) bond motifs is 4. The summed E-state index contributed by atoms with van der Waals surface area (Å²) in [6.45, 7) is 3.26. The maximum Gasteiger partial charge on any atom is 0.272 e. The number of nitrogens with zero attached hydrogens (tertiary/aromatic N) is 2. The van der Waals surface area contributed by atoms with E-state index in [9.17, 15) is 4.79 Å². The van der Waals surface area contributed by atoms with Crippen molar-refractivity contribution in [3.63, 3.8) is 0 Å². The van der Waals surface area contributed by atoms with Gasteiger partial charge in [0.1, 0.15) is 11.5 Å². The summed E-state index contributed by atoms with van der Waals surface area (Å²) in [6.07, 6.45) is 2.34. The Labute approximate surface area is 157 Å². The van der Waals surface area contributed by atoms with Gasteiger partial charge in [0, 0.05) is 18.0 Å². The molecule has 4 heterocycles. The van der Waals surface area contributed by atoms with Gasteiger partial charge in [0.05, 0.1) is 5.52 Å². The minimum absolute atomic E-state index is 0.114. The number of rotatable bonds is 4. The fourth-order valence-corrected chi connectivity index (χ4v) is 4.22. The lowest BCUT2D eigenvalue weighted by Gasteiger charge is -2.44. The van der Waals surface area contributed by atoms with E-state index in [2.05, 4.69) is 20.4 Å². The predicted octanol–water partition coefficient (Wildman–Crippen LogP) is 3.18. The highest BCUT2D eigenvalue weighted by atomic mass is 16.5. The molecule has 0 aliphatic carbocycles. The molecule has 138 valence electrons. The number of benzene rings is 2. The van der Waals surface area contributed by atoms with Crippen LogP contribution < -0.4 is 10.1 Å². The van der Waals surface area contributed by atoms with Crippen LogP contribution in [0.3, 0.4) is 0 Å². The number of para-hydroxylation sites is 1. The Hall–Kier alpha value is -2.86. The van der Waals surface area contributed by atoms with Gasteiger partial charge in [0.25, 0.3) is 5.91 Å². The van der Waals surface area contributed by atoms with E-state index in [0.717, 1.165) is 36.3 Å². The normalized spacial score (nSPS) is 24.1. The molecule has 2 bridgehead atoms. The summed E-state index contributed by atoms with van der Waals surface area (Å²) >= 11 is 0. The second-order valence-corrected chi connectivity index (χ2v) is 7.41. The number of hydrogen-bond donors (Lipinski definition) is 2. The predicted molar refractivity (Wildman–Crippen MR) is 103 cm³/mol. The minimum Gasteiger partial charge on any atom is -0.457 e. The zero-order valence-electron chi connectivity index (χ0n) is 15.0. The molecule has 0 unspecified atom stereocenters. The topological polar surface area (TPSA) is 70.2 Å². The van der Waals surface area contributed by atoms with Gasteiger partial charge < -0.3 is 15.0 Å². The summed E-state index contributed by atoms with van der Waals surface area (Å²) in [4.78, 5) is 15.3. The first-order valence-corrected chi connectivity index (χ1v) is 9.50. The first kappa shape index (κ1) is 16.3. The van der Waals surface area contributed by atoms with Crippen LogP contribution in [-0.4, -0.2) is 46.7 Å². The molecule has 6 nitrogen and oxygen atoms in total. The van der Waals surface area contributed by atoms with Gasteiger partial charge in [-0.15, -0.1) is 0 Å². The van der Waals surface area contributed by atoms with E-state index in [0.29, 0.717) is 17.4 Å². The average molecular weight is 362 g/mol. The van der Waals surface area contributed by atoms with E-state index in [1.165, 1.54) is 12.8 Å². The number of aromatic nitrogens is 2. The van der Waals surface area contributed by atoms with Crippen LogP contribution in [0.25, 0.3) is 10.9 Å². The number of nitrogens with one attached hydrogen (secondary N) is 2. The van der Waals surface area contributed by atoms with Crippen molar-refractivity contribution in [1.82, 2.24) is 20.4 Å². The molecule has 1 amide bonds. The SMILES string of the molecule is O=C(N[C@H]1CN2CCC1CC2)c1n[nH]c2ccc(Oc3ccccc3)cc12. The summed E-state index contributed by atoms with van der Waals surface area (Å²) in [5.74, 6) is 1.92. The highest BCUT2D eigenvalue weighted by Crippen LogP contribution is 2.29. The number of H-pyrrole nitrogens is 1. The highest BCUT2D eigenvalue weighted by molar-refractivity contribution is 6.05. The van der Waals surface area contributed by atoms with Crippen LogP contribution in [0.2, 0.25) is 0 Å². The third-order valence-electron chi connectivity index (χ3n) is 5.70. The maximum absolute atomic E-state index is 12.9. The molecule has 0 spiro atoms. The monoisotopic (exact) mass is 362 g/mol. The van der Waals surface area contributed by atoms with Gasteiger partial charge in [-0.25, -0.2) is 0 Å². The third-order valence-corrected chi connectivity index (χ3v) is 5.70. The molecule has 27 heavy (non-hydrogen) atoms. The quantitative estimate of drug-likeness (QED) is 0.748. The van der Waals surface area contributed by atoms with E-state index in [4.69, 9.17) is 4.74 Å². The van der Waals surface area contributed by atoms with Crippen LogP contribution in [-0.2, 0) is 0 Å². The van der Waals surface area contributed by atoms with Crippen LogP contribution in [0.5, 0.6) is 11.5 Å². The zero-order valence-corrected chi connectivity index (χ0v) is 15.0. The Balaban J connectivity index is 1.38. The molecule has 3 saturated heterocycles. The molecule has 3 fully saturated rings. The zero-order chi connectivity index (χ0) is 18.2. The molecular formula is C21H22N4O2. The number of carbonyl (C=O) groups is 1. The van der Waals surface area contributed by atoms with E-state index in [1.54, 1.807) is 0 Å². The number of piperidine rings is 3. The summed E-state index contributed by atoms with van der Waals surface area (Å²) in [5, 5.41) is 11.2. The van der Waals surface area contributed by atoms with Crippen molar-refractivity contribution in [3.8, 4) is 11.5 Å². The fraction of sp³-hybridized carbons (Fsp3) is 0.333. The second-order valence-electron chi connectivity index (χ2n) is 7.41. The van der Waals surface area contributed by atoms with Crippen molar-refractivity contribution in [1.29, 1.82) is 0 Å². The molecule has 6 rings (SSSR count). The Morgan fingerprint density at radius 2 is 1.93 bits per heavy atom. The van der Waals surface area contributed by atoms with Crippen molar-refractivity contribution in [3.05, 3.63) is 54.2 Å². The summed E-state index contributed by atoms with van der Waals surface area (Å²) in [6, 6.07) is 15.5. The number of carbonyl (C=O) groups excluding carboxylic acids is 1. The lowest BCUT2D eigenvalue weighted by Crippen LogP contribution is -2.57. The van der Waals surface area contributed by atoms with E-state index in [-0.39, 0.29) is 11.9 Å². The molecule has 3 aliphatic heterocycles. The van der Waals surface area contributed by atoms with Gasteiger partial charge in [-0.3, -0.25) is 9.89 Å². The lowest BCUT2D eigenvalue weighted by molar-refractivity contribution is 0.0618. The Morgan fingerprint density at radius 3 is 2.67 bits per heavy atom. The largest absolute Gasteiger partial charge is 0.457 e. The summed E-state index contributed by atoms with van der Waals surface area (Å²) in [5.41, 5.74) is 1.26. The first-order valence-electron chi connectivity index (χ1n) is 9.50. The number of hydrogen-bond acceptors (Lipinski definition) is 4. The third kappa shape index (κ3) is 3.17. The van der Waals surface area contributed by atoms with Gasteiger partial charge in [-0.1, -0.05) is 18.2 Å². The van der Waals surface area contributed by atoms with Crippen LogP contribution >= 0.6 is 0 Å². The Bertz CT molecular complexity index is 961. The molecule has 1 aromatic heterocycles. The molecule has 2 aromatic carbocycles. The van der Waals surface area contributed by atoms with Crippen LogP contribution in [0.15, 0.2) is 48.5 Å². The standard InChI is InChI=1S/C21H22N4O2/c26-21(22-19-13-25-10-8-14(19)9-11-25)20-17-12-16(6-7-18(17)23-24-20)27-15-4-2-1-3-5-15/h1-7,12,14,19H,8-11,13H2,(H,22,26)(H,23,24)/t19-/m0/s1. The molecule has 0 saturated carbocycles. The van der Waals surface area contributed by atoms with E-state index < -0.39 is 0 Å².